The highest BCUT2D eigenvalue weighted by Gasteiger charge is 2.14. The molecule has 0 saturated carbocycles. The minimum atomic E-state index is -0.537. The van der Waals surface area contributed by atoms with Crippen LogP contribution in [0, 0.1) is 18.6 Å². The van der Waals surface area contributed by atoms with E-state index in [2.05, 4.69) is 26.2 Å². The summed E-state index contributed by atoms with van der Waals surface area (Å²) >= 11 is 2.96. The van der Waals surface area contributed by atoms with E-state index < -0.39 is 11.6 Å². The van der Waals surface area contributed by atoms with Gasteiger partial charge in [0.1, 0.15) is 11.6 Å². The van der Waals surface area contributed by atoms with Crippen LogP contribution in [0.3, 0.4) is 0 Å². The molecule has 20 heavy (non-hydrogen) atoms. The molecule has 0 fully saturated rings. The number of rotatable bonds is 5. The second-order valence-corrected chi connectivity index (χ2v) is 5.07. The predicted molar refractivity (Wildman–Crippen MR) is 76.3 cm³/mol. The quantitative estimate of drug-likeness (QED) is 0.667. The molecule has 0 aliphatic carbocycles. The van der Waals surface area contributed by atoms with E-state index in [0.717, 1.165) is 12.1 Å². The molecule has 1 N–H and O–H groups in total. The third-order valence-corrected chi connectivity index (χ3v) is 3.27. The van der Waals surface area contributed by atoms with Gasteiger partial charge in [-0.05, 0) is 28.9 Å². The maximum atomic E-state index is 14.0. The molecule has 0 unspecified atom stereocenters. The largest absolute Gasteiger partial charge is 0.383 e. The van der Waals surface area contributed by atoms with Crippen LogP contribution in [0.2, 0.25) is 0 Å². The summed E-state index contributed by atoms with van der Waals surface area (Å²) in [5.74, 6) is -0.624. The van der Waals surface area contributed by atoms with E-state index in [-0.39, 0.29) is 10.2 Å². The summed E-state index contributed by atoms with van der Waals surface area (Å²) in [4.78, 5) is 4.25. The minimum absolute atomic E-state index is 0.0875. The lowest BCUT2D eigenvalue weighted by Gasteiger charge is -2.11. The molecule has 0 saturated heterocycles. The van der Waals surface area contributed by atoms with Gasteiger partial charge in [-0.2, -0.15) is 0 Å². The number of nitrogens with zero attached hydrogens (tertiary/aromatic N) is 2. The number of methoxy groups -OCH3 is 1. The van der Waals surface area contributed by atoms with E-state index in [1.54, 1.807) is 20.2 Å². The second-order valence-electron chi connectivity index (χ2n) is 4.21. The highest BCUT2D eigenvalue weighted by molar-refractivity contribution is 9.10. The van der Waals surface area contributed by atoms with Gasteiger partial charge in [0.05, 0.1) is 22.5 Å². The van der Waals surface area contributed by atoms with E-state index in [0.29, 0.717) is 24.8 Å². The first-order valence-electron chi connectivity index (χ1n) is 5.96. The molecule has 4 nitrogen and oxygen atoms in total. The highest BCUT2D eigenvalue weighted by atomic mass is 79.9. The van der Waals surface area contributed by atoms with Crippen molar-refractivity contribution in [3.8, 4) is 5.69 Å². The summed E-state index contributed by atoms with van der Waals surface area (Å²) in [6.07, 6.45) is 1.64. The summed E-state index contributed by atoms with van der Waals surface area (Å²) in [6.45, 7) is 2.79. The molecule has 0 atom stereocenters. The lowest BCUT2D eigenvalue weighted by Crippen LogP contribution is -2.12. The van der Waals surface area contributed by atoms with Crippen LogP contribution in [0.5, 0.6) is 0 Å². The first-order valence-corrected chi connectivity index (χ1v) is 6.76. The van der Waals surface area contributed by atoms with E-state index >= 15 is 0 Å². The Morgan fingerprint density at radius 2 is 2.10 bits per heavy atom. The number of ether oxygens (including phenoxy) is 1. The normalized spacial score (nSPS) is 10.8. The highest BCUT2D eigenvalue weighted by Crippen LogP contribution is 2.25. The third kappa shape index (κ3) is 3.16. The molecular weight excluding hydrogens is 332 g/mol. The molecule has 108 valence electrons. The number of imidazole rings is 1. The molecule has 0 amide bonds. The van der Waals surface area contributed by atoms with Crippen molar-refractivity contribution < 1.29 is 13.5 Å². The number of anilines is 1. The molecule has 0 spiro atoms. The van der Waals surface area contributed by atoms with E-state index in [1.807, 2.05) is 0 Å². The lowest BCUT2D eigenvalue weighted by molar-refractivity contribution is 0.210. The molecule has 0 aliphatic rings. The fraction of sp³-hybridized carbons (Fsp3) is 0.308. The monoisotopic (exact) mass is 345 g/mol. The molecule has 1 heterocycles. The Hall–Kier alpha value is -1.47. The molecule has 0 bridgehead atoms. The van der Waals surface area contributed by atoms with Gasteiger partial charge in [-0.3, -0.25) is 4.57 Å². The number of hydrogen-bond donors (Lipinski definition) is 1. The van der Waals surface area contributed by atoms with Gasteiger partial charge in [0.15, 0.2) is 0 Å². The van der Waals surface area contributed by atoms with Crippen LogP contribution < -0.4 is 5.32 Å². The van der Waals surface area contributed by atoms with Gasteiger partial charge in [0.25, 0.3) is 0 Å². The van der Waals surface area contributed by atoms with Crippen LogP contribution in [0.15, 0.2) is 22.8 Å². The van der Waals surface area contributed by atoms with Crippen LogP contribution in [0.4, 0.5) is 14.7 Å². The number of hydrogen-bond acceptors (Lipinski definition) is 3. The molecule has 1 aromatic heterocycles. The second kappa shape index (κ2) is 6.32. The number of aryl methyl sites for hydroxylation is 1. The van der Waals surface area contributed by atoms with Crippen LogP contribution in [0.25, 0.3) is 5.69 Å². The zero-order chi connectivity index (χ0) is 14.7. The van der Waals surface area contributed by atoms with E-state index in [9.17, 15) is 8.78 Å². The van der Waals surface area contributed by atoms with Gasteiger partial charge in [0.2, 0.25) is 5.95 Å². The summed E-state index contributed by atoms with van der Waals surface area (Å²) in [5.41, 5.74) is 0.805. The average molecular weight is 346 g/mol. The smallest absolute Gasteiger partial charge is 0.207 e. The van der Waals surface area contributed by atoms with Crippen molar-refractivity contribution in [1.82, 2.24) is 9.55 Å². The Bertz CT molecular complexity index is 616. The SMILES string of the molecule is COCCNc1nc(C)cn1-c1cc(F)c(Br)cc1F. The number of aromatic nitrogens is 2. The zero-order valence-corrected chi connectivity index (χ0v) is 12.7. The van der Waals surface area contributed by atoms with Crippen molar-refractivity contribution in [2.45, 2.75) is 6.92 Å². The summed E-state index contributed by atoms with van der Waals surface area (Å²) in [7, 11) is 1.59. The van der Waals surface area contributed by atoms with Crippen LogP contribution >= 0.6 is 15.9 Å². The first-order chi connectivity index (χ1) is 9.52. The van der Waals surface area contributed by atoms with Crippen molar-refractivity contribution >= 4 is 21.9 Å². The van der Waals surface area contributed by atoms with Crippen molar-refractivity contribution in [3.05, 3.63) is 40.1 Å². The molecule has 1 aromatic carbocycles. The maximum absolute atomic E-state index is 14.0. The van der Waals surface area contributed by atoms with E-state index in [1.165, 1.54) is 4.57 Å². The van der Waals surface area contributed by atoms with Gasteiger partial charge < -0.3 is 10.1 Å². The lowest BCUT2D eigenvalue weighted by atomic mass is 10.3. The zero-order valence-electron chi connectivity index (χ0n) is 11.1. The molecule has 0 radical (unpaired) electrons. The van der Waals surface area contributed by atoms with Crippen molar-refractivity contribution in [2.75, 3.05) is 25.6 Å². The van der Waals surface area contributed by atoms with Gasteiger partial charge in [-0.15, -0.1) is 0 Å². The van der Waals surface area contributed by atoms with Gasteiger partial charge in [0, 0.05) is 25.9 Å². The Balaban J connectivity index is 2.39. The number of nitrogens with one attached hydrogen (secondary N) is 1. The number of benzene rings is 1. The van der Waals surface area contributed by atoms with Gasteiger partial charge in [-0.25, -0.2) is 13.8 Å². The topological polar surface area (TPSA) is 39.1 Å². The Morgan fingerprint density at radius 1 is 1.35 bits per heavy atom. The first kappa shape index (κ1) is 14.9. The van der Waals surface area contributed by atoms with Crippen molar-refractivity contribution in [1.29, 1.82) is 0 Å². The summed E-state index contributed by atoms with van der Waals surface area (Å²) < 4.78 is 34.1. The van der Waals surface area contributed by atoms with Crippen molar-refractivity contribution in [3.63, 3.8) is 0 Å². The molecule has 2 rings (SSSR count). The fourth-order valence-electron chi connectivity index (χ4n) is 1.77. The van der Waals surface area contributed by atoms with E-state index in [4.69, 9.17) is 4.74 Å². The average Bonchev–Trinajstić information content (AvgIpc) is 2.75. The molecule has 0 aliphatic heterocycles. The molecule has 2 aromatic rings. The Kier molecular flexibility index (Phi) is 4.72. The van der Waals surface area contributed by atoms with Crippen LogP contribution in [-0.4, -0.2) is 29.8 Å². The summed E-state index contributed by atoms with van der Waals surface area (Å²) in [6, 6.07) is 2.22. The van der Waals surface area contributed by atoms with Gasteiger partial charge in [-0.1, -0.05) is 0 Å². The minimum Gasteiger partial charge on any atom is -0.383 e. The van der Waals surface area contributed by atoms with Crippen molar-refractivity contribution in [2.24, 2.45) is 0 Å². The molecule has 7 heteroatoms. The Morgan fingerprint density at radius 3 is 2.80 bits per heavy atom. The molecular formula is C13H14BrF2N3O. The van der Waals surface area contributed by atoms with Crippen LogP contribution in [0.1, 0.15) is 5.69 Å². The number of halogens is 3. The van der Waals surface area contributed by atoms with Crippen LogP contribution in [-0.2, 0) is 4.74 Å². The maximum Gasteiger partial charge on any atom is 0.207 e. The standard InChI is InChI=1S/C13H14BrF2N3O/c1-8-7-19(13(18-8)17-3-4-20-2)12-6-10(15)9(14)5-11(12)16/h5-7H,3-4H2,1-2H3,(H,17,18). The van der Waals surface area contributed by atoms with Gasteiger partial charge >= 0.3 is 0 Å². The fourth-order valence-corrected chi connectivity index (χ4v) is 2.08. The predicted octanol–water partition coefficient (Wildman–Crippen LogP) is 3.28. The Labute approximate surface area is 123 Å². The third-order valence-electron chi connectivity index (χ3n) is 2.66. The summed E-state index contributed by atoms with van der Waals surface area (Å²) in [5, 5.41) is 3.02.